The predicted octanol–water partition coefficient (Wildman–Crippen LogP) is 1.90. The van der Waals surface area contributed by atoms with Crippen LogP contribution in [0.5, 0.6) is 11.6 Å². The van der Waals surface area contributed by atoms with Crippen LogP contribution in [0, 0.1) is 0 Å². The summed E-state index contributed by atoms with van der Waals surface area (Å²) in [5.41, 5.74) is 0. The third-order valence-corrected chi connectivity index (χ3v) is 3.49. The summed E-state index contributed by atoms with van der Waals surface area (Å²) in [6.45, 7) is -0.182. The van der Waals surface area contributed by atoms with Crippen molar-refractivity contribution in [1.82, 2.24) is 9.88 Å². The largest absolute Gasteiger partial charge is 0.489 e. The van der Waals surface area contributed by atoms with Crippen molar-refractivity contribution in [2.75, 3.05) is 19.7 Å². The Morgan fingerprint density at radius 1 is 1.38 bits per heavy atom. The lowest BCUT2D eigenvalue weighted by molar-refractivity contribution is -0.210. The van der Waals surface area contributed by atoms with Crippen molar-refractivity contribution in [3.05, 3.63) is 18.3 Å². The number of amides is 1. The number of halogens is 3. The minimum absolute atomic E-state index is 0.0636. The first-order valence-electron chi connectivity index (χ1n) is 7.24. The highest BCUT2D eigenvalue weighted by atomic mass is 19.4. The summed E-state index contributed by atoms with van der Waals surface area (Å²) in [5, 5.41) is 17.7. The molecule has 1 atom stereocenters. The second-order valence-electron chi connectivity index (χ2n) is 5.29. The number of aliphatic hydroxyl groups is 1. The minimum Gasteiger partial charge on any atom is -0.489 e. The molecule has 0 spiro atoms. The lowest BCUT2D eigenvalue weighted by atomic mass is 10.1. The predicted molar refractivity (Wildman–Crippen MR) is 75.0 cm³/mol. The van der Waals surface area contributed by atoms with Gasteiger partial charge in [0.1, 0.15) is 18.5 Å². The van der Waals surface area contributed by atoms with E-state index in [1.165, 1.54) is 23.2 Å². The van der Waals surface area contributed by atoms with Gasteiger partial charge in [0.25, 0.3) is 0 Å². The first kappa shape index (κ1) is 18.1. The Morgan fingerprint density at radius 2 is 2.04 bits per heavy atom. The number of alkyl halides is 3. The molecule has 1 aliphatic rings. The van der Waals surface area contributed by atoms with Crippen molar-refractivity contribution in [2.24, 2.45) is 0 Å². The fourth-order valence-electron chi connectivity index (χ4n) is 2.14. The maximum absolute atomic E-state index is 12.1. The normalized spacial score (nSPS) is 17.4. The lowest BCUT2D eigenvalue weighted by Crippen LogP contribution is -2.41. The SMILES string of the molecule is O=C(O)N1CCC(Oc2ccc(OCC(O)C(F)(F)F)nc2)CC1. The number of rotatable bonds is 5. The summed E-state index contributed by atoms with van der Waals surface area (Å²) in [4.78, 5) is 15.9. The Kier molecular flexibility index (Phi) is 5.71. The van der Waals surface area contributed by atoms with Crippen molar-refractivity contribution in [2.45, 2.75) is 31.2 Å². The van der Waals surface area contributed by atoms with Gasteiger partial charge in [0, 0.05) is 32.0 Å². The number of piperidine rings is 1. The summed E-state index contributed by atoms with van der Waals surface area (Å²) < 4.78 is 46.9. The van der Waals surface area contributed by atoms with Gasteiger partial charge in [-0.25, -0.2) is 9.78 Å². The molecule has 1 aromatic rings. The van der Waals surface area contributed by atoms with Crippen LogP contribution in [0.3, 0.4) is 0 Å². The molecule has 2 heterocycles. The molecule has 0 saturated carbocycles. The minimum atomic E-state index is -4.74. The standard InChI is InChI=1S/C14H17F3N2O5/c15-14(16,17)11(20)8-23-12-2-1-10(7-18-12)24-9-3-5-19(6-4-9)13(21)22/h1-2,7,9,11,20H,3-6,8H2,(H,21,22). The first-order chi connectivity index (χ1) is 11.3. The lowest BCUT2D eigenvalue weighted by Gasteiger charge is -2.30. The van der Waals surface area contributed by atoms with Gasteiger partial charge >= 0.3 is 12.3 Å². The molecule has 1 aliphatic heterocycles. The van der Waals surface area contributed by atoms with Crippen LogP contribution in [-0.4, -0.2) is 64.3 Å². The van der Waals surface area contributed by atoms with Crippen molar-refractivity contribution >= 4 is 6.09 Å². The van der Waals surface area contributed by atoms with Crippen molar-refractivity contribution in [3.63, 3.8) is 0 Å². The summed E-state index contributed by atoms with van der Waals surface area (Å²) in [6, 6.07) is 2.83. The van der Waals surface area contributed by atoms with Crippen LogP contribution in [0.1, 0.15) is 12.8 Å². The van der Waals surface area contributed by atoms with E-state index in [1.54, 1.807) is 0 Å². The van der Waals surface area contributed by atoms with E-state index in [2.05, 4.69) is 4.98 Å². The molecule has 1 amide bonds. The van der Waals surface area contributed by atoms with Crippen LogP contribution in [0.2, 0.25) is 0 Å². The number of hydrogen-bond acceptors (Lipinski definition) is 5. The third-order valence-electron chi connectivity index (χ3n) is 3.49. The molecule has 2 rings (SSSR count). The van der Waals surface area contributed by atoms with E-state index in [1.807, 2.05) is 0 Å². The molecule has 10 heteroatoms. The third kappa shape index (κ3) is 5.15. The Morgan fingerprint density at radius 3 is 2.54 bits per heavy atom. The molecule has 1 unspecified atom stereocenters. The van der Waals surface area contributed by atoms with Gasteiger partial charge in [0.15, 0.2) is 6.10 Å². The number of carbonyl (C=O) groups is 1. The van der Waals surface area contributed by atoms with Crippen LogP contribution in [0.4, 0.5) is 18.0 Å². The van der Waals surface area contributed by atoms with Gasteiger partial charge in [-0.1, -0.05) is 0 Å². The molecule has 0 bridgehead atoms. The van der Waals surface area contributed by atoms with Crippen LogP contribution in [-0.2, 0) is 0 Å². The van der Waals surface area contributed by atoms with E-state index in [9.17, 15) is 18.0 Å². The highest BCUT2D eigenvalue weighted by Gasteiger charge is 2.38. The average molecular weight is 350 g/mol. The molecular weight excluding hydrogens is 333 g/mol. The number of aromatic nitrogens is 1. The number of ether oxygens (including phenoxy) is 2. The maximum Gasteiger partial charge on any atom is 0.417 e. The van der Waals surface area contributed by atoms with Crippen molar-refractivity contribution in [3.8, 4) is 11.6 Å². The molecule has 7 nitrogen and oxygen atoms in total. The molecule has 24 heavy (non-hydrogen) atoms. The van der Waals surface area contributed by atoms with Crippen LogP contribution < -0.4 is 9.47 Å². The van der Waals surface area contributed by atoms with Gasteiger partial charge in [0.2, 0.25) is 5.88 Å². The summed E-state index contributed by atoms with van der Waals surface area (Å²) >= 11 is 0. The van der Waals surface area contributed by atoms with Gasteiger partial charge < -0.3 is 24.6 Å². The molecule has 0 radical (unpaired) electrons. The molecule has 1 fully saturated rings. The molecule has 2 N–H and O–H groups in total. The first-order valence-corrected chi connectivity index (χ1v) is 7.24. The molecule has 0 aliphatic carbocycles. The highest BCUT2D eigenvalue weighted by molar-refractivity contribution is 5.65. The molecule has 134 valence electrons. The van der Waals surface area contributed by atoms with Crippen molar-refractivity contribution in [1.29, 1.82) is 0 Å². The Labute approximate surface area is 135 Å². The Hall–Kier alpha value is -2.23. The van der Waals surface area contributed by atoms with Gasteiger partial charge in [-0.3, -0.25) is 0 Å². The number of hydrogen-bond donors (Lipinski definition) is 2. The second kappa shape index (κ2) is 7.56. The summed E-state index contributed by atoms with van der Waals surface area (Å²) in [7, 11) is 0. The number of carboxylic acid groups (broad SMARTS) is 1. The molecular formula is C14H17F3N2O5. The zero-order chi connectivity index (χ0) is 17.7. The number of nitrogens with zero attached hydrogens (tertiary/aromatic N) is 2. The number of likely N-dealkylation sites (tertiary alicyclic amines) is 1. The van der Waals surface area contributed by atoms with E-state index >= 15 is 0 Å². The highest BCUT2D eigenvalue weighted by Crippen LogP contribution is 2.22. The van der Waals surface area contributed by atoms with E-state index in [-0.39, 0.29) is 12.0 Å². The molecule has 0 aromatic carbocycles. The zero-order valence-electron chi connectivity index (χ0n) is 12.6. The van der Waals surface area contributed by atoms with Gasteiger partial charge in [-0.15, -0.1) is 0 Å². The van der Waals surface area contributed by atoms with Gasteiger partial charge in [-0.2, -0.15) is 13.2 Å². The zero-order valence-corrected chi connectivity index (χ0v) is 12.6. The number of aliphatic hydroxyl groups excluding tert-OH is 1. The van der Waals surface area contributed by atoms with E-state index in [4.69, 9.17) is 19.7 Å². The Bertz CT molecular complexity index is 544. The quantitative estimate of drug-likeness (QED) is 0.843. The monoisotopic (exact) mass is 350 g/mol. The maximum atomic E-state index is 12.1. The topological polar surface area (TPSA) is 92.1 Å². The Balaban J connectivity index is 1.79. The average Bonchev–Trinajstić information content (AvgIpc) is 2.53. The van der Waals surface area contributed by atoms with Crippen LogP contribution in [0.25, 0.3) is 0 Å². The number of pyridine rings is 1. The second-order valence-corrected chi connectivity index (χ2v) is 5.29. The summed E-state index contributed by atoms with van der Waals surface area (Å²) in [6.07, 6.45) is -6.04. The van der Waals surface area contributed by atoms with Gasteiger partial charge in [0.05, 0.1) is 6.20 Å². The van der Waals surface area contributed by atoms with E-state index in [0.717, 1.165) is 0 Å². The van der Waals surface area contributed by atoms with E-state index < -0.39 is 25.0 Å². The fourth-order valence-corrected chi connectivity index (χ4v) is 2.14. The van der Waals surface area contributed by atoms with Gasteiger partial charge in [-0.05, 0) is 6.07 Å². The summed E-state index contributed by atoms with van der Waals surface area (Å²) in [5.74, 6) is 0.346. The van der Waals surface area contributed by atoms with Crippen LogP contribution in [0.15, 0.2) is 18.3 Å². The van der Waals surface area contributed by atoms with Crippen molar-refractivity contribution < 1.29 is 37.7 Å². The fraction of sp³-hybridized carbons (Fsp3) is 0.571. The smallest absolute Gasteiger partial charge is 0.417 e. The molecule has 1 aromatic heterocycles. The molecule has 1 saturated heterocycles. The van der Waals surface area contributed by atoms with E-state index in [0.29, 0.717) is 31.7 Å². The van der Waals surface area contributed by atoms with Crippen LogP contribution >= 0.6 is 0 Å².